The van der Waals surface area contributed by atoms with E-state index in [0.29, 0.717) is 11.6 Å². The Labute approximate surface area is 184 Å². The number of nitrogens with zero attached hydrogens (tertiary/aromatic N) is 2. The van der Waals surface area contributed by atoms with Crippen molar-refractivity contribution in [2.45, 2.75) is 12.6 Å². The third kappa shape index (κ3) is 3.57. The fourth-order valence-electron chi connectivity index (χ4n) is 4.08. The van der Waals surface area contributed by atoms with E-state index < -0.39 is 5.82 Å². The number of halogens is 2. The number of urea groups is 1. The van der Waals surface area contributed by atoms with Crippen LogP contribution in [0.15, 0.2) is 91.1 Å². The standard InChI is InChI=1S/C25H19ClFN3O/c26-19-13-11-17(12-14-19)24-23-10-5-15-29(23)22-9-4-1-6-18(22)16-30(24)25(31)28-21-8-3-2-7-20(21)27/h1-15,24H,16H2,(H,28,31)/t24-/m1/s1. The molecule has 5 rings (SSSR count). The Morgan fingerprint density at radius 3 is 2.48 bits per heavy atom. The van der Waals surface area contributed by atoms with Gasteiger partial charge in [-0.1, -0.05) is 54.1 Å². The largest absolute Gasteiger partial charge is 0.323 e. The first kappa shape index (κ1) is 19.4. The number of hydrogen-bond donors (Lipinski definition) is 1. The van der Waals surface area contributed by atoms with Crippen molar-refractivity contribution in [2.75, 3.05) is 5.32 Å². The number of fused-ring (bicyclic) bond motifs is 3. The summed E-state index contributed by atoms with van der Waals surface area (Å²) in [5, 5.41) is 3.37. The highest BCUT2D eigenvalue weighted by Gasteiger charge is 2.33. The van der Waals surface area contributed by atoms with Crippen LogP contribution in [0.4, 0.5) is 14.9 Å². The molecule has 0 bridgehead atoms. The predicted molar refractivity (Wildman–Crippen MR) is 120 cm³/mol. The van der Waals surface area contributed by atoms with Crippen LogP contribution in [0.1, 0.15) is 22.9 Å². The molecule has 31 heavy (non-hydrogen) atoms. The van der Waals surface area contributed by atoms with Crippen molar-refractivity contribution in [3.8, 4) is 5.69 Å². The van der Waals surface area contributed by atoms with Gasteiger partial charge in [0.15, 0.2) is 0 Å². The highest BCUT2D eigenvalue weighted by molar-refractivity contribution is 6.30. The fourth-order valence-corrected chi connectivity index (χ4v) is 4.21. The van der Waals surface area contributed by atoms with Crippen molar-refractivity contribution in [1.29, 1.82) is 0 Å². The molecule has 0 unspecified atom stereocenters. The third-order valence-corrected chi connectivity index (χ3v) is 5.78. The summed E-state index contributed by atoms with van der Waals surface area (Å²) >= 11 is 6.12. The Hall–Kier alpha value is -3.57. The van der Waals surface area contributed by atoms with Gasteiger partial charge in [0.05, 0.1) is 24.0 Å². The van der Waals surface area contributed by atoms with Gasteiger partial charge in [0.2, 0.25) is 0 Å². The molecule has 3 aromatic carbocycles. The molecular formula is C25H19ClFN3O. The van der Waals surface area contributed by atoms with E-state index in [9.17, 15) is 9.18 Å². The van der Waals surface area contributed by atoms with Crippen LogP contribution >= 0.6 is 11.6 Å². The predicted octanol–water partition coefficient (Wildman–Crippen LogP) is 6.41. The zero-order chi connectivity index (χ0) is 21.4. The molecule has 1 aliphatic heterocycles. The molecule has 1 atom stereocenters. The lowest BCUT2D eigenvalue weighted by atomic mass is 10.0. The fraction of sp³-hybridized carbons (Fsp3) is 0.0800. The number of carbonyl (C=O) groups is 1. The van der Waals surface area contributed by atoms with E-state index in [1.54, 1.807) is 23.1 Å². The van der Waals surface area contributed by atoms with Crippen molar-refractivity contribution in [3.05, 3.63) is 119 Å². The Kier molecular flexibility index (Phi) is 4.96. The Morgan fingerprint density at radius 2 is 1.68 bits per heavy atom. The molecule has 0 spiro atoms. The number of aromatic nitrogens is 1. The third-order valence-electron chi connectivity index (χ3n) is 5.53. The number of anilines is 1. The molecular weight excluding hydrogens is 413 g/mol. The van der Waals surface area contributed by atoms with Gasteiger partial charge < -0.3 is 14.8 Å². The summed E-state index contributed by atoms with van der Waals surface area (Å²) in [6.07, 6.45) is 2.00. The van der Waals surface area contributed by atoms with Gasteiger partial charge in [-0.3, -0.25) is 0 Å². The van der Waals surface area contributed by atoms with Crippen LogP contribution in [0.3, 0.4) is 0 Å². The minimum Gasteiger partial charge on any atom is -0.318 e. The van der Waals surface area contributed by atoms with Gasteiger partial charge in [0, 0.05) is 16.9 Å². The summed E-state index contributed by atoms with van der Waals surface area (Å²) in [4.78, 5) is 15.2. The molecule has 0 saturated heterocycles. The normalized spacial score (nSPS) is 15.0. The first-order chi connectivity index (χ1) is 15.1. The van der Waals surface area contributed by atoms with E-state index in [1.807, 2.05) is 66.9 Å². The molecule has 1 N–H and O–H groups in total. The van der Waals surface area contributed by atoms with E-state index in [1.165, 1.54) is 6.07 Å². The number of para-hydroxylation sites is 2. The minimum absolute atomic E-state index is 0.148. The van der Waals surface area contributed by atoms with Gasteiger partial charge in [0.25, 0.3) is 0 Å². The SMILES string of the molecule is O=C(Nc1ccccc1F)N1Cc2ccccc2-n2cccc2[C@H]1c1ccc(Cl)cc1. The van der Waals surface area contributed by atoms with E-state index in [-0.39, 0.29) is 17.8 Å². The number of carbonyl (C=O) groups excluding carboxylic acids is 1. The van der Waals surface area contributed by atoms with Gasteiger partial charge in [-0.25, -0.2) is 9.18 Å². The molecule has 1 aliphatic rings. The van der Waals surface area contributed by atoms with Gasteiger partial charge in [0.1, 0.15) is 5.82 Å². The van der Waals surface area contributed by atoms with Crippen molar-refractivity contribution in [3.63, 3.8) is 0 Å². The Morgan fingerprint density at radius 1 is 0.935 bits per heavy atom. The summed E-state index contributed by atoms with van der Waals surface area (Å²) in [5.41, 5.74) is 4.02. The average Bonchev–Trinajstić information content (AvgIpc) is 3.20. The number of nitrogens with one attached hydrogen (secondary N) is 1. The summed E-state index contributed by atoms with van der Waals surface area (Å²) in [7, 11) is 0. The second-order valence-corrected chi connectivity index (χ2v) is 7.86. The van der Waals surface area contributed by atoms with Crippen molar-refractivity contribution in [2.24, 2.45) is 0 Å². The number of rotatable bonds is 2. The minimum atomic E-state index is -0.475. The summed E-state index contributed by atoms with van der Waals surface area (Å²) in [6, 6.07) is 24.8. The molecule has 154 valence electrons. The van der Waals surface area contributed by atoms with Crippen LogP contribution in [-0.4, -0.2) is 15.5 Å². The quantitative estimate of drug-likeness (QED) is 0.391. The zero-order valence-electron chi connectivity index (χ0n) is 16.5. The lowest BCUT2D eigenvalue weighted by molar-refractivity contribution is 0.194. The van der Waals surface area contributed by atoms with Gasteiger partial charge in [-0.2, -0.15) is 0 Å². The Bertz CT molecular complexity index is 1250. The van der Waals surface area contributed by atoms with Gasteiger partial charge in [-0.05, 0) is 53.6 Å². The second-order valence-electron chi connectivity index (χ2n) is 7.42. The van der Waals surface area contributed by atoms with Gasteiger partial charge >= 0.3 is 6.03 Å². The molecule has 1 aromatic heterocycles. The maximum absolute atomic E-state index is 14.2. The maximum Gasteiger partial charge on any atom is 0.323 e. The first-order valence-electron chi connectivity index (χ1n) is 9.95. The summed E-state index contributed by atoms with van der Waals surface area (Å²) in [6.45, 7) is 0.367. The zero-order valence-corrected chi connectivity index (χ0v) is 17.3. The average molecular weight is 432 g/mol. The molecule has 0 fully saturated rings. The molecule has 0 saturated carbocycles. The molecule has 0 radical (unpaired) electrons. The van der Waals surface area contributed by atoms with Gasteiger partial charge in [-0.15, -0.1) is 0 Å². The van der Waals surface area contributed by atoms with Crippen LogP contribution in [0.2, 0.25) is 5.02 Å². The van der Waals surface area contributed by atoms with E-state index in [0.717, 1.165) is 22.5 Å². The van der Waals surface area contributed by atoms with Crippen LogP contribution in [0, 0.1) is 5.82 Å². The topological polar surface area (TPSA) is 37.3 Å². The molecule has 0 aliphatic carbocycles. The van der Waals surface area contributed by atoms with E-state index >= 15 is 0 Å². The number of amides is 2. The number of hydrogen-bond acceptors (Lipinski definition) is 1. The molecule has 2 heterocycles. The van der Waals surface area contributed by atoms with Crippen LogP contribution in [0.5, 0.6) is 0 Å². The summed E-state index contributed by atoms with van der Waals surface area (Å²) in [5.74, 6) is -0.475. The Balaban J connectivity index is 1.64. The van der Waals surface area contributed by atoms with Crippen molar-refractivity contribution < 1.29 is 9.18 Å². The molecule has 4 aromatic rings. The van der Waals surface area contributed by atoms with Crippen molar-refractivity contribution in [1.82, 2.24) is 9.47 Å². The highest BCUT2D eigenvalue weighted by atomic mass is 35.5. The molecule has 2 amide bonds. The maximum atomic E-state index is 14.2. The number of benzene rings is 3. The van der Waals surface area contributed by atoms with Crippen molar-refractivity contribution >= 4 is 23.3 Å². The highest BCUT2D eigenvalue weighted by Crippen LogP contribution is 2.37. The first-order valence-corrected chi connectivity index (χ1v) is 10.3. The lowest BCUT2D eigenvalue weighted by Crippen LogP contribution is -2.38. The van der Waals surface area contributed by atoms with E-state index in [2.05, 4.69) is 9.88 Å². The van der Waals surface area contributed by atoms with Crippen LogP contribution in [0.25, 0.3) is 5.69 Å². The molecule has 6 heteroatoms. The molecule has 4 nitrogen and oxygen atoms in total. The smallest absolute Gasteiger partial charge is 0.318 e. The van der Waals surface area contributed by atoms with Crippen LogP contribution < -0.4 is 5.32 Å². The van der Waals surface area contributed by atoms with E-state index in [4.69, 9.17) is 11.6 Å². The monoisotopic (exact) mass is 431 g/mol. The van der Waals surface area contributed by atoms with Crippen LogP contribution in [-0.2, 0) is 6.54 Å². The second kappa shape index (κ2) is 7.93. The lowest BCUT2D eigenvalue weighted by Gasteiger charge is -2.31. The summed E-state index contributed by atoms with van der Waals surface area (Å²) < 4.78 is 16.3.